The Morgan fingerprint density at radius 1 is 1.43 bits per heavy atom. The van der Waals surface area contributed by atoms with Gasteiger partial charge in [0.1, 0.15) is 5.82 Å². The normalized spacial score (nSPS) is 12.6. The number of benzene rings is 1. The van der Waals surface area contributed by atoms with Crippen LogP contribution >= 0.6 is 39.1 Å². The number of hydrogen-bond acceptors (Lipinski definition) is 4. The van der Waals surface area contributed by atoms with Crippen molar-refractivity contribution in [3.8, 4) is 0 Å². The molecule has 7 heteroatoms. The third-order valence-electron chi connectivity index (χ3n) is 3.12. The fourth-order valence-corrected chi connectivity index (χ4v) is 3.43. The molecule has 1 atom stereocenters. The Morgan fingerprint density at radius 3 is 2.86 bits per heavy atom. The first-order chi connectivity index (χ1) is 10.1. The second-order valence-electron chi connectivity index (χ2n) is 4.59. The zero-order valence-electron chi connectivity index (χ0n) is 11.8. The van der Waals surface area contributed by atoms with Gasteiger partial charge in [0.2, 0.25) is 0 Å². The highest BCUT2D eigenvalue weighted by atomic mass is 79.9. The van der Waals surface area contributed by atoms with Crippen molar-refractivity contribution in [3.63, 3.8) is 0 Å². The minimum atomic E-state index is -0.409. The van der Waals surface area contributed by atoms with Gasteiger partial charge in [0.05, 0.1) is 21.6 Å². The van der Waals surface area contributed by atoms with Crippen LogP contribution in [0.15, 0.2) is 16.6 Å². The van der Waals surface area contributed by atoms with Crippen LogP contribution in [-0.2, 0) is 6.42 Å². The maximum atomic E-state index is 14.5. The van der Waals surface area contributed by atoms with Crippen molar-refractivity contribution in [2.75, 3.05) is 6.54 Å². The zero-order chi connectivity index (χ0) is 15.4. The second kappa shape index (κ2) is 7.63. The lowest BCUT2D eigenvalue weighted by Crippen LogP contribution is -2.23. The summed E-state index contributed by atoms with van der Waals surface area (Å²) < 4.78 is 19.1. The largest absolute Gasteiger partial charge is 0.306 e. The SMILES string of the molecule is CCCc1nnsc1C(NCC)c1ccc(Br)c(Cl)c1F. The Kier molecular flexibility index (Phi) is 6.10. The fraction of sp³-hybridized carbons (Fsp3) is 0.429. The van der Waals surface area contributed by atoms with Crippen LogP contribution in [0.4, 0.5) is 4.39 Å². The van der Waals surface area contributed by atoms with Gasteiger partial charge >= 0.3 is 0 Å². The first-order valence-electron chi connectivity index (χ1n) is 6.78. The summed E-state index contributed by atoms with van der Waals surface area (Å²) in [5.41, 5.74) is 1.44. The molecule has 0 aliphatic rings. The molecule has 0 saturated heterocycles. The van der Waals surface area contributed by atoms with Crippen molar-refractivity contribution in [2.45, 2.75) is 32.7 Å². The predicted molar refractivity (Wildman–Crippen MR) is 88.5 cm³/mol. The summed E-state index contributed by atoms with van der Waals surface area (Å²) >= 11 is 10.6. The van der Waals surface area contributed by atoms with Crippen molar-refractivity contribution in [1.29, 1.82) is 0 Å². The molecule has 0 bridgehead atoms. The molecule has 3 nitrogen and oxygen atoms in total. The molecular formula is C14H16BrClFN3S. The molecule has 0 aliphatic carbocycles. The molecule has 0 fully saturated rings. The van der Waals surface area contributed by atoms with Gasteiger partial charge in [-0.1, -0.05) is 42.4 Å². The molecule has 0 amide bonds. The lowest BCUT2D eigenvalue weighted by Gasteiger charge is -2.19. The third-order valence-corrected chi connectivity index (χ3v) is 5.21. The monoisotopic (exact) mass is 391 g/mol. The van der Waals surface area contributed by atoms with Crippen molar-refractivity contribution in [3.05, 3.63) is 43.6 Å². The topological polar surface area (TPSA) is 37.8 Å². The summed E-state index contributed by atoms with van der Waals surface area (Å²) in [5, 5.41) is 7.57. The highest BCUT2D eigenvalue weighted by Gasteiger charge is 2.24. The van der Waals surface area contributed by atoms with E-state index in [2.05, 4.69) is 37.8 Å². The number of halogens is 3. The summed E-state index contributed by atoms with van der Waals surface area (Å²) in [6, 6.07) is 3.23. The van der Waals surface area contributed by atoms with Gasteiger partial charge < -0.3 is 5.32 Å². The van der Waals surface area contributed by atoms with E-state index < -0.39 is 5.82 Å². The van der Waals surface area contributed by atoms with E-state index in [1.165, 1.54) is 11.5 Å². The van der Waals surface area contributed by atoms with Gasteiger partial charge in [-0.05, 0) is 46.5 Å². The molecule has 0 aliphatic heterocycles. The summed E-state index contributed by atoms with van der Waals surface area (Å²) in [4.78, 5) is 0.955. The second-order valence-corrected chi connectivity index (χ2v) is 6.61. The van der Waals surface area contributed by atoms with E-state index in [0.29, 0.717) is 16.6 Å². The van der Waals surface area contributed by atoms with Crippen molar-refractivity contribution < 1.29 is 4.39 Å². The van der Waals surface area contributed by atoms with Crippen LogP contribution < -0.4 is 5.32 Å². The van der Waals surface area contributed by atoms with E-state index in [0.717, 1.165) is 23.4 Å². The highest BCUT2D eigenvalue weighted by molar-refractivity contribution is 9.10. The smallest absolute Gasteiger partial charge is 0.148 e. The Hall–Kier alpha value is -0.560. The number of aromatic nitrogens is 2. The predicted octanol–water partition coefficient (Wildman–Crippen LogP) is 4.74. The van der Waals surface area contributed by atoms with Gasteiger partial charge in [-0.25, -0.2) is 4.39 Å². The van der Waals surface area contributed by atoms with Crippen LogP contribution in [0.2, 0.25) is 5.02 Å². The fourth-order valence-electron chi connectivity index (χ4n) is 2.16. The number of nitrogens with one attached hydrogen (secondary N) is 1. The Bertz CT molecular complexity index is 620. The molecule has 114 valence electrons. The molecule has 0 spiro atoms. The quantitative estimate of drug-likeness (QED) is 0.721. The average molecular weight is 393 g/mol. The average Bonchev–Trinajstić information content (AvgIpc) is 2.92. The van der Waals surface area contributed by atoms with E-state index in [4.69, 9.17) is 11.6 Å². The maximum Gasteiger partial charge on any atom is 0.148 e. The zero-order valence-corrected chi connectivity index (χ0v) is 14.9. The van der Waals surface area contributed by atoms with E-state index in [9.17, 15) is 4.39 Å². The lowest BCUT2D eigenvalue weighted by molar-refractivity contribution is 0.559. The summed E-state index contributed by atoms with van der Waals surface area (Å²) in [6.07, 6.45) is 1.81. The number of nitrogens with zero attached hydrogens (tertiary/aromatic N) is 2. The summed E-state index contributed by atoms with van der Waals surface area (Å²) in [6.45, 7) is 4.78. The molecule has 2 aromatic rings. The van der Waals surface area contributed by atoms with E-state index >= 15 is 0 Å². The number of aryl methyl sites for hydroxylation is 1. The maximum absolute atomic E-state index is 14.5. The van der Waals surface area contributed by atoms with E-state index in [1.807, 2.05) is 6.92 Å². The van der Waals surface area contributed by atoms with Crippen LogP contribution in [0.3, 0.4) is 0 Å². The highest BCUT2D eigenvalue weighted by Crippen LogP contribution is 2.35. The van der Waals surface area contributed by atoms with Crippen molar-refractivity contribution in [2.24, 2.45) is 0 Å². The van der Waals surface area contributed by atoms with Crippen LogP contribution in [0.1, 0.15) is 42.4 Å². The molecule has 1 heterocycles. The third kappa shape index (κ3) is 3.62. The molecule has 1 aromatic carbocycles. The minimum absolute atomic E-state index is 0.102. The van der Waals surface area contributed by atoms with Gasteiger partial charge in [0, 0.05) is 10.0 Å². The van der Waals surface area contributed by atoms with Gasteiger partial charge in [0.25, 0.3) is 0 Å². The molecule has 2 rings (SSSR count). The molecule has 1 aromatic heterocycles. The minimum Gasteiger partial charge on any atom is -0.306 e. The number of rotatable bonds is 6. The van der Waals surface area contributed by atoms with E-state index in [1.54, 1.807) is 12.1 Å². The van der Waals surface area contributed by atoms with Crippen LogP contribution in [0.5, 0.6) is 0 Å². The molecule has 21 heavy (non-hydrogen) atoms. The Morgan fingerprint density at radius 2 is 2.19 bits per heavy atom. The van der Waals surface area contributed by atoms with Crippen LogP contribution in [-0.4, -0.2) is 16.1 Å². The lowest BCUT2D eigenvalue weighted by atomic mass is 10.0. The van der Waals surface area contributed by atoms with Gasteiger partial charge in [-0.3, -0.25) is 0 Å². The first kappa shape index (κ1) is 16.8. The summed E-state index contributed by atoms with van der Waals surface area (Å²) in [7, 11) is 0. The van der Waals surface area contributed by atoms with Crippen LogP contribution in [0, 0.1) is 5.82 Å². The standard InChI is InChI=1S/C14H16BrClFN3S/c1-3-5-10-14(21-20-19-10)13(18-4-2)8-6-7-9(15)11(16)12(8)17/h6-7,13,18H,3-5H2,1-2H3. The van der Waals surface area contributed by atoms with Gasteiger partial charge in [-0.15, -0.1) is 5.10 Å². The van der Waals surface area contributed by atoms with Crippen molar-refractivity contribution in [1.82, 2.24) is 14.9 Å². The van der Waals surface area contributed by atoms with Gasteiger partial charge in [0.15, 0.2) is 0 Å². The summed E-state index contributed by atoms with van der Waals surface area (Å²) in [5.74, 6) is -0.409. The molecule has 0 radical (unpaired) electrons. The first-order valence-corrected chi connectivity index (χ1v) is 8.72. The van der Waals surface area contributed by atoms with Crippen molar-refractivity contribution >= 4 is 39.1 Å². The number of hydrogen-bond donors (Lipinski definition) is 1. The molecule has 1 N–H and O–H groups in total. The molecular weight excluding hydrogens is 377 g/mol. The van der Waals surface area contributed by atoms with E-state index in [-0.39, 0.29) is 11.1 Å². The molecule has 0 saturated carbocycles. The van der Waals surface area contributed by atoms with Gasteiger partial charge in [-0.2, -0.15) is 0 Å². The Balaban J connectivity index is 2.48. The van der Waals surface area contributed by atoms with Crippen LogP contribution in [0.25, 0.3) is 0 Å². The molecule has 1 unspecified atom stereocenters. The Labute approximate surface area is 141 Å².